The molecule has 2 aromatic rings. The minimum atomic E-state index is -0.286. The molecule has 0 radical (unpaired) electrons. The van der Waals surface area contributed by atoms with Crippen LogP contribution in [0.5, 0.6) is 0 Å². The number of nitrogens with zero attached hydrogens (tertiary/aromatic N) is 3. The fourth-order valence-electron chi connectivity index (χ4n) is 6.40. The van der Waals surface area contributed by atoms with Gasteiger partial charge in [0.2, 0.25) is 11.8 Å². The summed E-state index contributed by atoms with van der Waals surface area (Å²) in [6, 6.07) is 8.87. The molecule has 152 valence electrons. The number of aryl methyl sites for hydroxylation is 1. The molecular weight excluding hydrogens is 364 g/mol. The van der Waals surface area contributed by atoms with Crippen LogP contribution in [0.1, 0.15) is 68.6 Å². The number of aromatic nitrogens is 2. The zero-order valence-corrected chi connectivity index (χ0v) is 17.0. The van der Waals surface area contributed by atoms with Crippen molar-refractivity contribution in [1.29, 1.82) is 0 Å². The Hall–Kier alpha value is -2.21. The highest BCUT2D eigenvalue weighted by atomic mass is 16.5. The largest absolute Gasteiger partial charge is 0.339 e. The highest BCUT2D eigenvalue weighted by Crippen LogP contribution is 2.57. The third kappa shape index (κ3) is 2.54. The molecule has 3 fully saturated rings. The Labute approximate surface area is 171 Å². The van der Waals surface area contributed by atoms with Crippen LogP contribution >= 0.6 is 0 Å². The van der Waals surface area contributed by atoms with Gasteiger partial charge in [-0.05, 0) is 55.6 Å². The maximum absolute atomic E-state index is 12.8. The number of anilines is 1. The van der Waals surface area contributed by atoms with Gasteiger partial charge in [-0.1, -0.05) is 30.3 Å². The quantitative estimate of drug-likeness (QED) is 0.863. The van der Waals surface area contributed by atoms with Crippen LogP contribution in [0.3, 0.4) is 0 Å². The van der Waals surface area contributed by atoms with Crippen molar-refractivity contribution in [3.63, 3.8) is 0 Å². The fraction of sp³-hybridized carbons (Fsp3) is 0.609. The molecule has 2 aliphatic carbocycles. The van der Waals surface area contributed by atoms with Gasteiger partial charge >= 0.3 is 0 Å². The molecule has 1 amide bonds. The number of nitrogens with one attached hydrogen (secondary N) is 1. The number of para-hydroxylation sites is 1. The first kappa shape index (κ1) is 17.6. The molecule has 1 aromatic heterocycles. The van der Waals surface area contributed by atoms with Crippen molar-refractivity contribution in [3.8, 4) is 0 Å². The molecular formula is C23H28N4O2. The van der Waals surface area contributed by atoms with Gasteiger partial charge in [-0.2, -0.15) is 4.98 Å². The van der Waals surface area contributed by atoms with E-state index in [0.717, 1.165) is 49.5 Å². The van der Waals surface area contributed by atoms with Crippen molar-refractivity contribution >= 4 is 11.6 Å². The molecule has 6 heteroatoms. The van der Waals surface area contributed by atoms with Crippen LogP contribution in [-0.2, 0) is 16.6 Å². The van der Waals surface area contributed by atoms with E-state index in [1.165, 1.54) is 31.5 Å². The fourth-order valence-corrected chi connectivity index (χ4v) is 6.40. The molecule has 6 nitrogen and oxygen atoms in total. The number of hydrogen-bond acceptors (Lipinski definition) is 5. The van der Waals surface area contributed by atoms with E-state index < -0.39 is 0 Å². The first-order valence-corrected chi connectivity index (χ1v) is 11.1. The lowest BCUT2D eigenvalue weighted by molar-refractivity contribution is -0.126. The minimum absolute atomic E-state index is 0.213. The Morgan fingerprint density at radius 1 is 1.21 bits per heavy atom. The molecule has 6 rings (SSSR count). The predicted octanol–water partition coefficient (Wildman–Crippen LogP) is 3.64. The monoisotopic (exact) mass is 392 g/mol. The van der Waals surface area contributed by atoms with E-state index in [0.29, 0.717) is 17.4 Å². The summed E-state index contributed by atoms with van der Waals surface area (Å²) in [6.07, 6.45) is 7.36. The van der Waals surface area contributed by atoms with Gasteiger partial charge < -0.3 is 9.84 Å². The van der Waals surface area contributed by atoms with Crippen molar-refractivity contribution in [1.82, 2.24) is 15.0 Å². The van der Waals surface area contributed by atoms with Crippen molar-refractivity contribution in [2.24, 2.45) is 5.41 Å². The molecule has 3 heterocycles. The third-order valence-corrected chi connectivity index (χ3v) is 8.04. The van der Waals surface area contributed by atoms with E-state index in [1.807, 2.05) is 12.1 Å². The normalized spacial score (nSPS) is 27.5. The average molecular weight is 393 g/mol. The SMILES string of the molecule is CCc1noc(C2CC3(C2)CN(C2CCC4(CC2)C(=O)Nc2ccccc24)C3)n1. The lowest BCUT2D eigenvalue weighted by Gasteiger charge is -2.61. The number of fused-ring (bicyclic) bond motifs is 2. The molecule has 2 spiro atoms. The summed E-state index contributed by atoms with van der Waals surface area (Å²) >= 11 is 0. The van der Waals surface area contributed by atoms with Gasteiger partial charge in [-0.25, -0.2) is 0 Å². The van der Waals surface area contributed by atoms with Gasteiger partial charge in [-0.3, -0.25) is 9.69 Å². The average Bonchev–Trinajstić information content (AvgIpc) is 3.25. The second-order valence-electron chi connectivity index (χ2n) is 9.73. The van der Waals surface area contributed by atoms with Crippen LogP contribution in [0, 0.1) is 5.41 Å². The number of benzene rings is 1. The number of hydrogen-bond donors (Lipinski definition) is 1. The van der Waals surface area contributed by atoms with Crippen molar-refractivity contribution in [2.75, 3.05) is 18.4 Å². The molecule has 0 bridgehead atoms. The minimum Gasteiger partial charge on any atom is -0.339 e. The summed E-state index contributed by atoms with van der Waals surface area (Å²) in [4.78, 5) is 20.0. The van der Waals surface area contributed by atoms with Crippen LogP contribution in [0.4, 0.5) is 5.69 Å². The second kappa shape index (κ2) is 6.14. The molecule has 0 unspecified atom stereocenters. The number of likely N-dealkylation sites (tertiary alicyclic amines) is 1. The summed E-state index contributed by atoms with van der Waals surface area (Å²) < 4.78 is 5.44. The Kier molecular flexibility index (Phi) is 3.74. The van der Waals surface area contributed by atoms with E-state index in [4.69, 9.17) is 4.52 Å². The van der Waals surface area contributed by atoms with Crippen LogP contribution in [-0.4, -0.2) is 40.1 Å². The first-order valence-electron chi connectivity index (χ1n) is 11.1. The van der Waals surface area contributed by atoms with Crippen molar-refractivity contribution < 1.29 is 9.32 Å². The summed E-state index contributed by atoms with van der Waals surface area (Å²) in [5, 5.41) is 7.16. The number of amides is 1. The Morgan fingerprint density at radius 3 is 2.69 bits per heavy atom. The standard InChI is InChI=1S/C23H28N4O2/c1-2-19-25-20(29-26-19)15-11-22(12-15)13-27(14-22)16-7-9-23(10-8-16)17-5-3-4-6-18(17)24-21(23)28/h3-6,15-16H,2,7-14H2,1H3,(H,24,28). The van der Waals surface area contributed by atoms with Gasteiger partial charge in [0.25, 0.3) is 0 Å². The van der Waals surface area contributed by atoms with E-state index in [2.05, 4.69) is 39.4 Å². The lowest BCUT2D eigenvalue weighted by Crippen LogP contribution is -2.65. The molecule has 0 atom stereocenters. The van der Waals surface area contributed by atoms with E-state index >= 15 is 0 Å². The zero-order chi connectivity index (χ0) is 19.6. The maximum Gasteiger partial charge on any atom is 0.235 e. The Balaban J connectivity index is 1.06. The van der Waals surface area contributed by atoms with E-state index in [9.17, 15) is 4.79 Å². The Bertz CT molecular complexity index is 945. The van der Waals surface area contributed by atoms with Crippen LogP contribution in [0.25, 0.3) is 0 Å². The van der Waals surface area contributed by atoms with Gasteiger partial charge in [-0.15, -0.1) is 0 Å². The number of rotatable bonds is 3. The summed E-state index contributed by atoms with van der Waals surface area (Å²) in [5.41, 5.74) is 2.42. The molecule has 4 aliphatic rings. The molecule has 2 aliphatic heterocycles. The van der Waals surface area contributed by atoms with Crippen LogP contribution in [0.2, 0.25) is 0 Å². The molecule has 29 heavy (non-hydrogen) atoms. The number of carbonyl (C=O) groups excluding carboxylic acids is 1. The van der Waals surface area contributed by atoms with E-state index in [-0.39, 0.29) is 11.3 Å². The first-order chi connectivity index (χ1) is 14.1. The van der Waals surface area contributed by atoms with Gasteiger partial charge in [0.05, 0.1) is 5.41 Å². The Morgan fingerprint density at radius 2 is 1.97 bits per heavy atom. The zero-order valence-electron chi connectivity index (χ0n) is 17.0. The van der Waals surface area contributed by atoms with Crippen molar-refractivity contribution in [3.05, 3.63) is 41.5 Å². The van der Waals surface area contributed by atoms with Crippen LogP contribution < -0.4 is 5.32 Å². The molecule has 1 aromatic carbocycles. The topological polar surface area (TPSA) is 71.3 Å². The third-order valence-electron chi connectivity index (χ3n) is 8.04. The van der Waals surface area contributed by atoms with Gasteiger partial charge in [0, 0.05) is 37.2 Å². The second-order valence-corrected chi connectivity index (χ2v) is 9.73. The van der Waals surface area contributed by atoms with Gasteiger partial charge in [0.15, 0.2) is 5.82 Å². The smallest absolute Gasteiger partial charge is 0.235 e. The summed E-state index contributed by atoms with van der Waals surface area (Å²) in [6.45, 7) is 4.44. The highest BCUT2D eigenvalue weighted by Gasteiger charge is 2.57. The highest BCUT2D eigenvalue weighted by molar-refractivity contribution is 6.06. The van der Waals surface area contributed by atoms with E-state index in [1.54, 1.807) is 0 Å². The van der Waals surface area contributed by atoms with Crippen molar-refractivity contribution in [2.45, 2.75) is 69.2 Å². The summed E-state index contributed by atoms with van der Waals surface area (Å²) in [5.74, 6) is 2.34. The lowest BCUT2D eigenvalue weighted by atomic mass is 9.57. The van der Waals surface area contributed by atoms with Gasteiger partial charge in [0.1, 0.15) is 0 Å². The van der Waals surface area contributed by atoms with Crippen LogP contribution in [0.15, 0.2) is 28.8 Å². The summed E-state index contributed by atoms with van der Waals surface area (Å²) in [7, 11) is 0. The molecule has 1 saturated heterocycles. The number of carbonyl (C=O) groups is 1. The predicted molar refractivity (Wildman–Crippen MR) is 109 cm³/mol. The molecule has 2 saturated carbocycles. The molecule has 1 N–H and O–H groups in total. The maximum atomic E-state index is 12.8.